The normalized spacial score (nSPS) is 29.8. The minimum Gasteiger partial charge on any atom is -0.496 e. The van der Waals surface area contributed by atoms with E-state index in [1.807, 2.05) is 0 Å². The molecule has 1 atom stereocenters. The molecule has 0 aromatic rings. The maximum absolute atomic E-state index is 6.27. The second kappa shape index (κ2) is 4.82. The molecule has 76 valence electrons. The Morgan fingerprint density at radius 2 is 2.15 bits per heavy atom. The van der Waals surface area contributed by atoms with Crippen molar-refractivity contribution in [3.05, 3.63) is 0 Å². The van der Waals surface area contributed by atoms with Gasteiger partial charge in [-0.3, -0.25) is 0 Å². The summed E-state index contributed by atoms with van der Waals surface area (Å²) in [5, 5.41) is 2.78. The highest BCUT2D eigenvalue weighted by atomic mass is 27.2. The zero-order valence-electron chi connectivity index (χ0n) is 9.60. The van der Waals surface area contributed by atoms with Crippen molar-refractivity contribution in [2.45, 2.75) is 63.1 Å². The van der Waals surface area contributed by atoms with E-state index in [-0.39, 0.29) is 5.60 Å². The van der Waals surface area contributed by atoms with Crippen LogP contribution in [0, 0.1) is 5.92 Å². The van der Waals surface area contributed by atoms with Crippen molar-refractivity contribution in [3.8, 4) is 0 Å². The highest BCUT2D eigenvalue weighted by molar-refractivity contribution is 6.52. The van der Waals surface area contributed by atoms with E-state index in [9.17, 15) is 0 Å². The fraction of sp³-hybridized carbons (Fsp3) is 1.00. The van der Waals surface area contributed by atoms with Crippen LogP contribution in [-0.4, -0.2) is 20.1 Å². The maximum Gasteiger partial charge on any atom is 0.461 e. The highest BCUT2D eigenvalue weighted by Gasteiger charge is 2.35. The number of rotatable bonds is 3. The number of hydrogen-bond acceptors (Lipinski definition) is 1. The third-order valence-corrected chi connectivity index (χ3v) is 6.59. The molecule has 1 rings (SSSR count). The molecule has 0 aromatic carbocycles. The van der Waals surface area contributed by atoms with Crippen molar-refractivity contribution >= 4 is 14.5 Å². The van der Waals surface area contributed by atoms with Crippen LogP contribution in [0.15, 0.2) is 0 Å². The van der Waals surface area contributed by atoms with Gasteiger partial charge in [0.2, 0.25) is 0 Å². The van der Waals surface area contributed by atoms with Crippen LogP contribution < -0.4 is 0 Å². The molecule has 0 N–H and O–H groups in total. The molecule has 0 spiro atoms. The summed E-state index contributed by atoms with van der Waals surface area (Å²) >= 11 is -0.827. The molecule has 0 saturated carbocycles. The van der Waals surface area contributed by atoms with E-state index in [4.69, 9.17) is 3.79 Å². The molecule has 1 aliphatic heterocycles. The largest absolute Gasteiger partial charge is 0.496 e. The molecule has 2 heteroatoms. The molecular weight excluding hydrogens is 175 g/mol. The zero-order chi connectivity index (χ0) is 9.90. The molecule has 1 aliphatic rings. The lowest BCUT2D eigenvalue weighted by Gasteiger charge is -2.38. The van der Waals surface area contributed by atoms with Crippen molar-refractivity contribution < 1.29 is 3.79 Å². The second-order valence-corrected chi connectivity index (χ2v) is 7.59. The molecule has 1 nitrogen and oxygen atoms in total. The van der Waals surface area contributed by atoms with Gasteiger partial charge in [0, 0.05) is 5.60 Å². The Kier molecular flexibility index (Phi) is 4.29. The Bertz CT molecular complexity index is 158. The summed E-state index contributed by atoms with van der Waals surface area (Å²) < 4.78 is 6.27. The van der Waals surface area contributed by atoms with Crippen molar-refractivity contribution in [1.29, 1.82) is 0 Å². The Morgan fingerprint density at radius 1 is 1.46 bits per heavy atom. The predicted molar refractivity (Wildman–Crippen MR) is 59.2 cm³/mol. The molecule has 1 saturated heterocycles. The molecule has 0 aromatic heterocycles. The summed E-state index contributed by atoms with van der Waals surface area (Å²) in [5.74, 6) is 0.830. The van der Waals surface area contributed by atoms with E-state index in [1.165, 1.54) is 29.8 Å². The summed E-state index contributed by atoms with van der Waals surface area (Å²) in [6.07, 6.45) is 3.88. The molecule has 0 aliphatic carbocycles. The van der Waals surface area contributed by atoms with Gasteiger partial charge < -0.3 is 3.79 Å². The summed E-state index contributed by atoms with van der Waals surface area (Å²) in [6.45, 7) is 9.18. The highest BCUT2D eigenvalue weighted by Crippen LogP contribution is 2.32. The summed E-state index contributed by atoms with van der Waals surface area (Å²) in [6, 6.07) is 0. The lowest BCUT2D eigenvalue weighted by atomic mass is 9.98. The first-order valence-corrected chi connectivity index (χ1v) is 7.84. The first-order valence-electron chi connectivity index (χ1n) is 5.73. The van der Waals surface area contributed by atoms with Crippen LogP contribution >= 0.6 is 0 Å². The monoisotopic (exact) mass is 198 g/mol. The SMILES string of the molecule is CCC1(C)CC[CH2][Al]([CH2]C(C)C)[O]1. The topological polar surface area (TPSA) is 9.23 Å². The second-order valence-electron chi connectivity index (χ2n) is 5.07. The Morgan fingerprint density at radius 3 is 2.69 bits per heavy atom. The molecular formula is C11H23AlO. The van der Waals surface area contributed by atoms with Crippen LogP contribution in [0.1, 0.15) is 47.0 Å². The van der Waals surface area contributed by atoms with Crippen LogP contribution in [0.25, 0.3) is 0 Å². The third kappa shape index (κ3) is 3.62. The van der Waals surface area contributed by atoms with E-state index in [2.05, 4.69) is 27.7 Å². The predicted octanol–water partition coefficient (Wildman–Crippen LogP) is 3.61. The van der Waals surface area contributed by atoms with Crippen molar-refractivity contribution in [2.75, 3.05) is 0 Å². The minimum absolute atomic E-state index is 0.240. The van der Waals surface area contributed by atoms with E-state index in [0.29, 0.717) is 0 Å². The van der Waals surface area contributed by atoms with Gasteiger partial charge in [-0.15, -0.1) is 0 Å². The fourth-order valence-corrected chi connectivity index (χ4v) is 5.43. The molecule has 0 bridgehead atoms. The van der Waals surface area contributed by atoms with Gasteiger partial charge in [0.1, 0.15) is 0 Å². The van der Waals surface area contributed by atoms with Gasteiger partial charge in [0.25, 0.3) is 0 Å². The zero-order valence-corrected chi connectivity index (χ0v) is 10.8. The van der Waals surface area contributed by atoms with Crippen LogP contribution in [0.5, 0.6) is 0 Å². The van der Waals surface area contributed by atoms with Gasteiger partial charge in [-0.2, -0.15) is 0 Å². The quantitative estimate of drug-likeness (QED) is 0.629. The van der Waals surface area contributed by atoms with Crippen LogP contribution in [-0.2, 0) is 3.79 Å². The molecule has 13 heavy (non-hydrogen) atoms. The Labute approximate surface area is 87.6 Å². The van der Waals surface area contributed by atoms with Gasteiger partial charge >= 0.3 is 14.5 Å². The first kappa shape index (κ1) is 11.6. The average Bonchev–Trinajstić information content (AvgIpc) is 2.03. The average molecular weight is 198 g/mol. The number of hydrogen-bond donors (Lipinski definition) is 0. The fourth-order valence-electron chi connectivity index (χ4n) is 2.18. The van der Waals surface area contributed by atoms with Gasteiger partial charge in [-0.05, 0) is 19.8 Å². The molecule has 1 unspecified atom stereocenters. The Balaban J connectivity index is 2.42. The van der Waals surface area contributed by atoms with Crippen molar-refractivity contribution in [1.82, 2.24) is 0 Å². The molecule has 0 amide bonds. The molecule has 1 heterocycles. The summed E-state index contributed by atoms with van der Waals surface area (Å²) in [4.78, 5) is 0. The van der Waals surface area contributed by atoms with E-state index in [0.717, 1.165) is 5.92 Å². The van der Waals surface area contributed by atoms with Crippen molar-refractivity contribution in [3.63, 3.8) is 0 Å². The first-order chi connectivity index (χ1) is 6.06. The van der Waals surface area contributed by atoms with Crippen LogP contribution in [0.4, 0.5) is 0 Å². The van der Waals surface area contributed by atoms with Crippen molar-refractivity contribution in [2.24, 2.45) is 5.92 Å². The van der Waals surface area contributed by atoms with Crippen LogP contribution in [0.3, 0.4) is 0 Å². The van der Waals surface area contributed by atoms with Gasteiger partial charge in [0.05, 0.1) is 0 Å². The minimum atomic E-state index is -0.827. The van der Waals surface area contributed by atoms with E-state index in [1.54, 1.807) is 0 Å². The van der Waals surface area contributed by atoms with E-state index >= 15 is 0 Å². The summed E-state index contributed by atoms with van der Waals surface area (Å²) in [7, 11) is 0. The van der Waals surface area contributed by atoms with Gasteiger partial charge in [0.15, 0.2) is 0 Å². The lowest BCUT2D eigenvalue weighted by Crippen LogP contribution is -2.40. The summed E-state index contributed by atoms with van der Waals surface area (Å²) in [5.41, 5.74) is 0.240. The lowest BCUT2D eigenvalue weighted by molar-refractivity contribution is 0.0554. The van der Waals surface area contributed by atoms with E-state index < -0.39 is 14.5 Å². The van der Waals surface area contributed by atoms with Gasteiger partial charge in [-0.25, -0.2) is 0 Å². The smallest absolute Gasteiger partial charge is 0.461 e. The molecule has 1 fully saturated rings. The van der Waals surface area contributed by atoms with Gasteiger partial charge in [-0.1, -0.05) is 43.7 Å². The Hall–Kier alpha value is 0.492. The maximum atomic E-state index is 6.27. The van der Waals surface area contributed by atoms with Crippen LogP contribution in [0.2, 0.25) is 10.6 Å². The third-order valence-electron chi connectivity index (χ3n) is 3.17. The standard InChI is InChI=1S/C7H14O.C4H9.Al/c1-4-6-7(3,8)5-2;1-4(2)3;/h1,4-6H2,2-3H3;4H,1H2,2-3H3;/q-1;;+1. The molecule has 0 radical (unpaired) electrons.